The molecule has 2 aromatic carbocycles. The molecule has 0 saturated carbocycles. The quantitative estimate of drug-likeness (QED) is 0.749. The van der Waals surface area contributed by atoms with E-state index in [4.69, 9.17) is 0 Å². The van der Waals surface area contributed by atoms with Crippen LogP contribution in [0.15, 0.2) is 39.6 Å². The molecule has 0 fully saturated rings. The minimum Gasteiger partial charge on any atom is -0.319 e. The lowest BCUT2D eigenvalue weighted by molar-refractivity contribution is 0.612. The molecule has 3 nitrogen and oxygen atoms in total. The molecule has 0 atom stereocenters. The van der Waals surface area contributed by atoms with Gasteiger partial charge in [0.15, 0.2) is 0 Å². The first kappa shape index (κ1) is 14.9. The lowest BCUT2D eigenvalue weighted by atomic mass is 10.1. The van der Waals surface area contributed by atoms with Gasteiger partial charge < -0.3 is 4.98 Å². The van der Waals surface area contributed by atoms with Crippen molar-refractivity contribution >= 4 is 27.0 Å². The molecule has 1 aromatic heterocycles. The second-order valence-corrected chi connectivity index (χ2v) is 6.29. The molecule has 0 aliphatic rings. The van der Waals surface area contributed by atoms with Gasteiger partial charge in [-0.3, -0.25) is 4.79 Å². The van der Waals surface area contributed by atoms with Crippen LogP contribution in [0.5, 0.6) is 0 Å². The van der Waals surface area contributed by atoms with Crippen LogP contribution in [0.2, 0.25) is 0 Å². The minimum atomic E-state index is -0.343. The molecule has 3 aromatic rings. The normalized spacial score (nSPS) is 11.1. The number of halogens is 2. The van der Waals surface area contributed by atoms with Crippen molar-refractivity contribution in [2.45, 2.75) is 20.3 Å². The highest BCUT2D eigenvalue weighted by molar-refractivity contribution is 9.10. The van der Waals surface area contributed by atoms with E-state index in [0.29, 0.717) is 22.3 Å². The summed E-state index contributed by atoms with van der Waals surface area (Å²) in [7, 11) is 0. The fraction of sp³-hybridized carbons (Fsp3) is 0.176. The molecule has 0 unspecified atom stereocenters. The summed E-state index contributed by atoms with van der Waals surface area (Å²) in [6.45, 7) is 3.98. The van der Waals surface area contributed by atoms with E-state index < -0.39 is 0 Å². The maximum atomic E-state index is 13.9. The number of benzene rings is 2. The van der Waals surface area contributed by atoms with Gasteiger partial charge in [0.1, 0.15) is 11.5 Å². The van der Waals surface area contributed by atoms with Crippen molar-refractivity contribution in [2.75, 3.05) is 0 Å². The van der Waals surface area contributed by atoms with Gasteiger partial charge in [0, 0.05) is 10.9 Å². The molecule has 22 heavy (non-hydrogen) atoms. The number of nitrogens with zero attached hydrogens (tertiary/aromatic N) is 1. The molecule has 0 bridgehead atoms. The van der Waals surface area contributed by atoms with Gasteiger partial charge in [0.2, 0.25) is 0 Å². The summed E-state index contributed by atoms with van der Waals surface area (Å²) in [6, 6.07) is 8.51. The van der Waals surface area contributed by atoms with Crippen LogP contribution in [0.1, 0.15) is 22.4 Å². The SMILES string of the molecule is Cc1cc2nc(Cc3cc(Br)ccc3F)c(=O)[nH]c2cc1C. The van der Waals surface area contributed by atoms with Crippen molar-refractivity contribution in [3.63, 3.8) is 0 Å². The minimum absolute atomic E-state index is 0.156. The third-order valence-corrected chi connectivity index (χ3v) is 4.24. The zero-order chi connectivity index (χ0) is 15.9. The molecular formula is C17H14BrFN2O. The van der Waals surface area contributed by atoms with Crippen LogP contribution in [0.4, 0.5) is 4.39 Å². The Kier molecular flexibility index (Phi) is 3.83. The monoisotopic (exact) mass is 360 g/mol. The predicted molar refractivity (Wildman–Crippen MR) is 88.7 cm³/mol. The van der Waals surface area contributed by atoms with Crippen LogP contribution in [0.3, 0.4) is 0 Å². The predicted octanol–water partition coefficient (Wildman–Crippen LogP) is 4.03. The highest BCUT2D eigenvalue weighted by Gasteiger charge is 2.10. The number of aromatic amines is 1. The van der Waals surface area contributed by atoms with Crippen molar-refractivity contribution in [2.24, 2.45) is 0 Å². The van der Waals surface area contributed by atoms with E-state index in [2.05, 4.69) is 25.9 Å². The average molecular weight is 361 g/mol. The molecule has 0 saturated heterocycles. The summed E-state index contributed by atoms with van der Waals surface area (Å²) in [6.07, 6.45) is 0.156. The number of aryl methyl sites for hydroxylation is 2. The van der Waals surface area contributed by atoms with Crippen LogP contribution >= 0.6 is 15.9 Å². The number of rotatable bonds is 2. The van der Waals surface area contributed by atoms with E-state index >= 15 is 0 Å². The number of hydrogen-bond acceptors (Lipinski definition) is 2. The fourth-order valence-electron chi connectivity index (χ4n) is 2.36. The van der Waals surface area contributed by atoms with E-state index in [9.17, 15) is 9.18 Å². The maximum Gasteiger partial charge on any atom is 0.270 e. The molecule has 112 valence electrons. The first-order valence-electron chi connectivity index (χ1n) is 6.88. The summed E-state index contributed by atoms with van der Waals surface area (Å²) in [5, 5.41) is 0. The Labute approximate surface area is 135 Å². The molecule has 0 amide bonds. The second-order valence-electron chi connectivity index (χ2n) is 5.38. The molecule has 0 aliphatic heterocycles. The van der Waals surface area contributed by atoms with Gasteiger partial charge in [-0.2, -0.15) is 0 Å². The summed E-state index contributed by atoms with van der Waals surface area (Å²) >= 11 is 3.31. The van der Waals surface area contributed by atoms with Crippen molar-refractivity contribution in [1.82, 2.24) is 9.97 Å². The van der Waals surface area contributed by atoms with Crippen molar-refractivity contribution in [3.05, 3.63) is 73.4 Å². The van der Waals surface area contributed by atoms with E-state index in [-0.39, 0.29) is 17.8 Å². The Bertz CT molecular complexity index is 934. The highest BCUT2D eigenvalue weighted by atomic mass is 79.9. The average Bonchev–Trinajstić information content (AvgIpc) is 2.46. The number of hydrogen-bond donors (Lipinski definition) is 1. The zero-order valence-electron chi connectivity index (χ0n) is 12.2. The Morgan fingerprint density at radius 3 is 2.68 bits per heavy atom. The molecule has 0 radical (unpaired) electrons. The Morgan fingerprint density at radius 1 is 1.18 bits per heavy atom. The molecule has 3 rings (SSSR count). The second kappa shape index (κ2) is 5.65. The largest absolute Gasteiger partial charge is 0.319 e. The fourth-order valence-corrected chi connectivity index (χ4v) is 2.77. The van der Waals surface area contributed by atoms with Gasteiger partial charge >= 0.3 is 0 Å². The van der Waals surface area contributed by atoms with Crippen LogP contribution in [0, 0.1) is 19.7 Å². The number of nitrogens with one attached hydrogen (secondary N) is 1. The third-order valence-electron chi connectivity index (χ3n) is 3.74. The van der Waals surface area contributed by atoms with Crippen LogP contribution in [-0.2, 0) is 6.42 Å². The highest BCUT2D eigenvalue weighted by Crippen LogP contribution is 2.19. The van der Waals surface area contributed by atoms with Crippen molar-refractivity contribution in [1.29, 1.82) is 0 Å². The zero-order valence-corrected chi connectivity index (χ0v) is 13.8. The molecule has 1 heterocycles. The van der Waals surface area contributed by atoms with Crippen molar-refractivity contribution < 1.29 is 4.39 Å². The lowest BCUT2D eigenvalue weighted by Crippen LogP contribution is -2.16. The smallest absolute Gasteiger partial charge is 0.270 e. The Balaban J connectivity index is 2.11. The Hall–Kier alpha value is -2.01. The van der Waals surface area contributed by atoms with Crippen molar-refractivity contribution in [3.8, 4) is 0 Å². The lowest BCUT2D eigenvalue weighted by Gasteiger charge is -2.07. The van der Waals surface area contributed by atoms with E-state index in [1.807, 2.05) is 26.0 Å². The topological polar surface area (TPSA) is 45.8 Å². The van der Waals surface area contributed by atoms with E-state index in [0.717, 1.165) is 15.6 Å². The molecular weight excluding hydrogens is 347 g/mol. The summed E-state index contributed by atoms with van der Waals surface area (Å²) in [5.41, 5.74) is 4.08. The molecule has 0 aliphatic carbocycles. The van der Waals surface area contributed by atoms with Crippen LogP contribution in [-0.4, -0.2) is 9.97 Å². The first-order valence-corrected chi connectivity index (χ1v) is 7.67. The summed E-state index contributed by atoms with van der Waals surface area (Å²) < 4.78 is 14.6. The van der Waals surface area contributed by atoms with Crippen LogP contribution in [0.25, 0.3) is 11.0 Å². The summed E-state index contributed by atoms with van der Waals surface area (Å²) in [5.74, 6) is -0.343. The number of aromatic nitrogens is 2. The standard InChI is InChI=1S/C17H14BrFN2O/c1-9-5-14-15(6-10(9)2)21-17(22)16(20-14)8-11-7-12(18)3-4-13(11)19/h3-7H,8H2,1-2H3,(H,21,22). The van der Waals surface area contributed by atoms with Gasteiger partial charge in [0.25, 0.3) is 5.56 Å². The third kappa shape index (κ3) is 2.81. The van der Waals surface area contributed by atoms with Gasteiger partial charge in [0.05, 0.1) is 11.0 Å². The molecule has 0 spiro atoms. The van der Waals surface area contributed by atoms with Gasteiger partial charge in [-0.1, -0.05) is 15.9 Å². The maximum absolute atomic E-state index is 13.9. The van der Waals surface area contributed by atoms with Gasteiger partial charge in [-0.25, -0.2) is 9.37 Å². The summed E-state index contributed by atoms with van der Waals surface area (Å²) in [4.78, 5) is 19.4. The van der Waals surface area contributed by atoms with Crippen LogP contribution < -0.4 is 5.56 Å². The molecule has 1 N–H and O–H groups in total. The first-order chi connectivity index (χ1) is 10.4. The van der Waals surface area contributed by atoms with E-state index in [1.165, 1.54) is 6.07 Å². The number of H-pyrrole nitrogens is 1. The Morgan fingerprint density at radius 2 is 1.91 bits per heavy atom. The van der Waals surface area contributed by atoms with E-state index in [1.54, 1.807) is 12.1 Å². The molecule has 5 heteroatoms. The van der Waals surface area contributed by atoms with Gasteiger partial charge in [-0.15, -0.1) is 0 Å². The van der Waals surface area contributed by atoms with Gasteiger partial charge in [-0.05, 0) is 60.9 Å². The number of fused-ring (bicyclic) bond motifs is 1.